The molecule has 2 amide bonds. The Morgan fingerprint density at radius 1 is 1.10 bits per heavy atom. The number of ether oxygens (including phenoxy) is 1. The molecular formula is C21H17N2O5S2. The lowest BCUT2D eigenvalue weighted by molar-refractivity contribution is -0.114. The lowest BCUT2D eigenvalue weighted by Gasteiger charge is -2.17. The number of carbonyl (C=O) groups excluding carboxylic acids is 2. The molecule has 0 saturated heterocycles. The number of aryl methyl sites for hydroxylation is 1. The van der Waals surface area contributed by atoms with Gasteiger partial charge in [0.1, 0.15) is 15.9 Å². The molecule has 1 aliphatic rings. The van der Waals surface area contributed by atoms with Gasteiger partial charge in [-0.1, -0.05) is 30.3 Å². The first-order valence-corrected chi connectivity index (χ1v) is 11.2. The molecule has 2 N–H and O–H groups in total. The molecule has 0 unspecified atom stereocenters. The molecule has 1 aromatic heterocycles. The van der Waals surface area contributed by atoms with E-state index >= 15 is 0 Å². The van der Waals surface area contributed by atoms with Crippen molar-refractivity contribution in [1.29, 1.82) is 0 Å². The Balaban J connectivity index is 2.05. The molecular weight excluding hydrogens is 424 g/mol. The van der Waals surface area contributed by atoms with E-state index in [4.69, 9.17) is 10.5 Å². The summed E-state index contributed by atoms with van der Waals surface area (Å²) in [5.41, 5.74) is 6.93. The Kier molecular flexibility index (Phi) is 4.87. The fourth-order valence-electron chi connectivity index (χ4n) is 3.59. The lowest BCUT2D eigenvalue weighted by Crippen LogP contribution is -2.35. The number of hydrogen-bond acceptors (Lipinski definition) is 6. The largest absolute Gasteiger partial charge is 0.496 e. The minimum atomic E-state index is -4.19. The summed E-state index contributed by atoms with van der Waals surface area (Å²) in [6, 6.07) is 12.8. The van der Waals surface area contributed by atoms with E-state index in [1.54, 1.807) is 48.7 Å². The van der Waals surface area contributed by atoms with Crippen LogP contribution in [-0.2, 0) is 14.8 Å². The standard InChI is InChI=1S/C21H17N2O5S2/c1-12-9-10-14-19(17(12)20(22)24)18(13-6-3-4-7-15(13)28-2)21(25)23(14)30(26,27)16-8-5-11-29-16/h3-11H,1-2H3,(H2,22,24). The summed E-state index contributed by atoms with van der Waals surface area (Å²) in [7, 11) is -2.74. The van der Waals surface area contributed by atoms with Crippen LogP contribution >= 0.6 is 11.3 Å². The minimum Gasteiger partial charge on any atom is -0.496 e. The number of thiophene rings is 1. The Labute approximate surface area is 177 Å². The molecule has 0 aliphatic carbocycles. The SMILES string of the molecule is COc1ccccc1[C]1C(=O)N(S(=O)(=O)c2cccs2)c2ccc(C)c(C(N)=O)c21. The van der Waals surface area contributed by atoms with Gasteiger partial charge in [0.05, 0.1) is 12.8 Å². The molecule has 0 saturated carbocycles. The molecule has 0 spiro atoms. The summed E-state index contributed by atoms with van der Waals surface area (Å²) in [5, 5.41) is 1.61. The first-order chi connectivity index (χ1) is 14.3. The number of fused-ring (bicyclic) bond motifs is 1. The number of rotatable bonds is 5. The normalized spacial score (nSPS) is 14.1. The van der Waals surface area contributed by atoms with Gasteiger partial charge in [-0.2, -0.15) is 8.42 Å². The third-order valence-electron chi connectivity index (χ3n) is 4.87. The van der Waals surface area contributed by atoms with E-state index in [9.17, 15) is 18.0 Å². The molecule has 9 heteroatoms. The van der Waals surface area contributed by atoms with E-state index in [0.717, 1.165) is 15.6 Å². The maximum absolute atomic E-state index is 13.6. The Morgan fingerprint density at radius 2 is 1.83 bits per heavy atom. The van der Waals surface area contributed by atoms with Gasteiger partial charge in [0.15, 0.2) is 0 Å². The summed E-state index contributed by atoms with van der Waals surface area (Å²) in [6.45, 7) is 1.68. The van der Waals surface area contributed by atoms with Crippen molar-refractivity contribution in [1.82, 2.24) is 0 Å². The molecule has 1 aliphatic heterocycles. The Hall–Kier alpha value is -3.17. The third kappa shape index (κ3) is 2.89. The molecule has 0 fully saturated rings. The zero-order chi connectivity index (χ0) is 21.6. The molecule has 0 bridgehead atoms. The second-order valence-corrected chi connectivity index (χ2v) is 9.56. The van der Waals surface area contributed by atoms with Crippen LogP contribution in [0.1, 0.15) is 27.0 Å². The van der Waals surface area contributed by atoms with Gasteiger partial charge in [0, 0.05) is 16.7 Å². The van der Waals surface area contributed by atoms with Gasteiger partial charge in [-0.3, -0.25) is 9.59 Å². The number of nitrogens with zero attached hydrogens (tertiary/aromatic N) is 1. The highest BCUT2D eigenvalue weighted by molar-refractivity contribution is 7.95. The molecule has 30 heavy (non-hydrogen) atoms. The minimum absolute atomic E-state index is 0.0178. The number of primary amides is 1. The van der Waals surface area contributed by atoms with Crippen LogP contribution in [0.2, 0.25) is 0 Å². The fourth-order valence-corrected chi connectivity index (χ4v) is 6.07. The van der Waals surface area contributed by atoms with Crippen LogP contribution in [0, 0.1) is 12.8 Å². The predicted molar refractivity (Wildman–Crippen MR) is 113 cm³/mol. The van der Waals surface area contributed by atoms with Crippen molar-refractivity contribution < 1.29 is 22.7 Å². The van der Waals surface area contributed by atoms with Gasteiger partial charge in [0.2, 0.25) is 5.91 Å². The summed E-state index contributed by atoms with van der Waals surface area (Å²) in [6.07, 6.45) is 0. The average Bonchev–Trinajstić information content (AvgIpc) is 3.34. The number of anilines is 1. The maximum Gasteiger partial charge on any atom is 0.280 e. The van der Waals surface area contributed by atoms with Crippen molar-refractivity contribution in [2.75, 3.05) is 11.4 Å². The molecule has 2 aromatic carbocycles. The van der Waals surface area contributed by atoms with Gasteiger partial charge in [-0.05, 0) is 36.1 Å². The summed E-state index contributed by atoms with van der Waals surface area (Å²) >= 11 is 1.00. The third-order valence-corrected chi connectivity index (χ3v) is 7.94. The summed E-state index contributed by atoms with van der Waals surface area (Å²) < 4.78 is 32.8. The van der Waals surface area contributed by atoms with Gasteiger partial charge < -0.3 is 10.5 Å². The predicted octanol–water partition coefficient (Wildman–Crippen LogP) is 2.87. The zero-order valence-corrected chi connectivity index (χ0v) is 17.7. The summed E-state index contributed by atoms with van der Waals surface area (Å²) in [5.74, 6) is -1.09. The fraction of sp³-hybridized carbons (Fsp3) is 0.0952. The number of carbonyl (C=O) groups is 2. The van der Waals surface area contributed by atoms with E-state index in [-0.39, 0.29) is 26.9 Å². The smallest absolute Gasteiger partial charge is 0.280 e. The molecule has 7 nitrogen and oxygen atoms in total. The summed E-state index contributed by atoms with van der Waals surface area (Å²) in [4.78, 5) is 25.9. The van der Waals surface area contributed by atoms with E-state index < -0.39 is 21.8 Å². The quantitative estimate of drug-likeness (QED) is 0.655. The number of hydrogen-bond donors (Lipinski definition) is 1. The van der Waals surface area contributed by atoms with Crippen LogP contribution in [0.4, 0.5) is 5.69 Å². The number of sulfonamides is 1. The monoisotopic (exact) mass is 441 g/mol. The molecule has 4 rings (SSSR count). The van der Waals surface area contributed by atoms with Crippen molar-refractivity contribution in [3.63, 3.8) is 0 Å². The first kappa shape index (κ1) is 20.1. The topological polar surface area (TPSA) is 107 Å². The molecule has 3 aromatic rings. The average molecular weight is 442 g/mol. The van der Waals surface area contributed by atoms with Crippen molar-refractivity contribution >= 4 is 38.9 Å². The molecule has 2 heterocycles. The van der Waals surface area contributed by atoms with Crippen LogP contribution in [0.15, 0.2) is 58.1 Å². The van der Waals surface area contributed by atoms with Crippen LogP contribution in [-0.4, -0.2) is 27.3 Å². The highest BCUT2D eigenvalue weighted by atomic mass is 32.2. The zero-order valence-electron chi connectivity index (χ0n) is 16.1. The Morgan fingerprint density at radius 3 is 2.47 bits per heavy atom. The van der Waals surface area contributed by atoms with Crippen molar-refractivity contribution in [3.05, 3.63) is 82.1 Å². The van der Waals surface area contributed by atoms with Crippen molar-refractivity contribution in [2.24, 2.45) is 5.73 Å². The van der Waals surface area contributed by atoms with Crippen LogP contribution in [0.5, 0.6) is 5.75 Å². The maximum atomic E-state index is 13.6. The van der Waals surface area contributed by atoms with Crippen LogP contribution in [0.3, 0.4) is 0 Å². The molecule has 1 radical (unpaired) electrons. The second-order valence-electron chi connectivity index (χ2n) is 6.60. The number of methoxy groups -OCH3 is 1. The van der Waals surface area contributed by atoms with Crippen molar-refractivity contribution in [2.45, 2.75) is 11.1 Å². The van der Waals surface area contributed by atoms with Gasteiger partial charge >= 0.3 is 0 Å². The van der Waals surface area contributed by atoms with Gasteiger partial charge in [0.25, 0.3) is 15.9 Å². The first-order valence-electron chi connectivity index (χ1n) is 8.86. The second kappa shape index (κ2) is 7.26. The highest BCUT2D eigenvalue weighted by Crippen LogP contribution is 2.47. The lowest BCUT2D eigenvalue weighted by atomic mass is 9.86. The van der Waals surface area contributed by atoms with Gasteiger partial charge in [-0.25, -0.2) is 4.31 Å². The number of amides is 2. The van der Waals surface area contributed by atoms with E-state index in [1.807, 2.05) is 0 Å². The van der Waals surface area contributed by atoms with Crippen LogP contribution < -0.4 is 14.8 Å². The molecule has 153 valence electrons. The van der Waals surface area contributed by atoms with E-state index in [0.29, 0.717) is 16.9 Å². The molecule has 0 atom stereocenters. The Bertz CT molecular complexity index is 1270. The van der Waals surface area contributed by atoms with Crippen LogP contribution in [0.25, 0.3) is 0 Å². The highest BCUT2D eigenvalue weighted by Gasteiger charge is 2.48. The number of para-hydroxylation sites is 1. The number of benzene rings is 2. The van der Waals surface area contributed by atoms with E-state index in [2.05, 4.69) is 0 Å². The van der Waals surface area contributed by atoms with Gasteiger partial charge in [-0.15, -0.1) is 11.3 Å². The van der Waals surface area contributed by atoms with E-state index in [1.165, 1.54) is 19.2 Å². The van der Waals surface area contributed by atoms with Crippen molar-refractivity contribution in [3.8, 4) is 5.75 Å². The number of nitrogens with two attached hydrogens (primary N) is 1.